The van der Waals surface area contributed by atoms with E-state index in [2.05, 4.69) is 10.3 Å². The van der Waals surface area contributed by atoms with E-state index < -0.39 is 18.6 Å². The van der Waals surface area contributed by atoms with E-state index in [4.69, 9.17) is 9.15 Å². The Morgan fingerprint density at radius 3 is 2.86 bits per heavy atom. The van der Waals surface area contributed by atoms with Gasteiger partial charge in [-0.1, -0.05) is 6.07 Å². The number of hydrogen-bond acceptors (Lipinski definition) is 6. The molecule has 7 nitrogen and oxygen atoms in total. The van der Waals surface area contributed by atoms with E-state index in [9.17, 15) is 14.7 Å². The van der Waals surface area contributed by atoms with Gasteiger partial charge in [-0.3, -0.25) is 9.78 Å². The molecular formula is C22H22N2O5. The molecule has 1 aliphatic rings. The minimum absolute atomic E-state index is 0.204. The molecule has 0 spiro atoms. The summed E-state index contributed by atoms with van der Waals surface area (Å²) in [6, 6.07) is 8.28. The molecule has 1 aliphatic carbocycles. The summed E-state index contributed by atoms with van der Waals surface area (Å²) < 4.78 is 11.8. The molecule has 3 aromatic rings. The fraction of sp³-hybridized carbons (Fsp3) is 0.318. The molecule has 2 heterocycles. The zero-order valence-corrected chi connectivity index (χ0v) is 16.1. The highest BCUT2D eigenvalue weighted by molar-refractivity contribution is 6.08. The predicted molar refractivity (Wildman–Crippen MR) is 106 cm³/mol. The molecule has 0 saturated heterocycles. The van der Waals surface area contributed by atoms with Crippen molar-refractivity contribution in [2.45, 2.75) is 38.3 Å². The number of nitrogens with zero attached hydrogens (tertiary/aromatic N) is 1. The Labute approximate surface area is 167 Å². The molecule has 150 valence electrons. The van der Waals surface area contributed by atoms with Crippen LogP contribution in [-0.4, -0.2) is 34.9 Å². The van der Waals surface area contributed by atoms with Crippen molar-refractivity contribution in [2.75, 3.05) is 6.61 Å². The van der Waals surface area contributed by atoms with Crippen LogP contribution < -0.4 is 10.1 Å². The summed E-state index contributed by atoms with van der Waals surface area (Å²) in [6.45, 7) is 1.82. The Bertz CT molecular complexity index is 1040. The number of rotatable bonds is 8. The number of aromatic nitrogens is 1. The molecule has 1 amide bonds. The maximum Gasteiger partial charge on any atom is 0.256 e. The van der Waals surface area contributed by atoms with E-state index in [1.165, 1.54) is 0 Å². The van der Waals surface area contributed by atoms with E-state index in [0.29, 0.717) is 40.9 Å². The lowest BCUT2D eigenvalue weighted by molar-refractivity contribution is -0.110. The summed E-state index contributed by atoms with van der Waals surface area (Å²) in [5.74, 6) is 0.996. The Kier molecular flexibility index (Phi) is 5.31. The van der Waals surface area contributed by atoms with Crippen molar-refractivity contribution >= 4 is 23.2 Å². The zero-order valence-electron chi connectivity index (χ0n) is 16.1. The molecule has 4 rings (SSSR count). The highest BCUT2D eigenvalue weighted by atomic mass is 16.5. The average molecular weight is 394 g/mol. The van der Waals surface area contributed by atoms with Crippen LogP contribution in [0.3, 0.4) is 0 Å². The number of furan rings is 1. The van der Waals surface area contributed by atoms with Crippen LogP contribution >= 0.6 is 0 Å². The van der Waals surface area contributed by atoms with Crippen LogP contribution in [0.1, 0.15) is 46.1 Å². The third-order valence-electron chi connectivity index (χ3n) is 4.92. The minimum Gasteiger partial charge on any atom is -0.489 e. The zero-order chi connectivity index (χ0) is 20.4. The number of benzene rings is 1. The van der Waals surface area contributed by atoms with Crippen molar-refractivity contribution < 1.29 is 23.8 Å². The molecule has 1 aromatic carbocycles. The summed E-state index contributed by atoms with van der Waals surface area (Å²) in [5.41, 5.74) is 2.88. The van der Waals surface area contributed by atoms with Crippen molar-refractivity contribution in [2.24, 2.45) is 0 Å². The second-order valence-electron chi connectivity index (χ2n) is 7.27. The molecule has 2 N–H and O–H groups in total. The number of aldehydes is 1. The quantitative estimate of drug-likeness (QED) is 0.570. The number of hydrogen-bond donors (Lipinski definition) is 2. The van der Waals surface area contributed by atoms with E-state index >= 15 is 0 Å². The number of nitrogens with one attached hydrogen (secondary N) is 1. The largest absolute Gasteiger partial charge is 0.489 e. The van der Waals surface area contributed by atoms with Gasteiger partial charge in [0, 0.05) is 28.8 Å². The maximum absolute atomic E-state index is 12.8. The van der Waals surface area contributed by atoms with Gasteiger partial charge in [-0.25, -0.2) is 0 Å². The van der Waals surface area contributed by atoms with E-state index in [-0.39, 0.29) is 5.92 Å². The van der Waals surface area contributed by atoms with Crippen LogP contribution in [0.15, 0.2) is 40.9 Å². The monoisotopic (exact) mass is 394 g/mol. The molecule has 7 heteroatoms. The van der Waals surface area contributed by atoms with Crippen LogP contribution in [0.4, 0.5) is 0 Å². The van der Waals surface area contributed by atoms with Gasteiger partial charge < -0.3 is 24.4 Å². The summed E-state index contributed by atoms with van der Waals surface area (Å²) >= 11 is 0. The Hall–Kier alpha value is -3.19. The number of amides is 1. The summed E-state index contributed by atoms with van der Waals surface area (Å²) in [6.07, 6.45) is 4.20. The normalized spacial score (nSPS) is 14.6. The first-order chi connectivity index (χ1) is 14.1. The van der Waals surface area contributed by atoms with Crippen LogP contribution in [-0.2, 0) is 11.4 Å². The molecule has 0 aliphatic heterocycles. The lowest BCUT2D eigenvalue weighted by atomic mass is 10.1. The number of aliphatic hydroxyl groups is 1. The molecule has 1 saturated carbocycles. The fourth-order valence-electron chi connectivity index (χ4n) is 3.17. The van der Waals surface area contributed by atoms with Gasteiger partial charge in [0.25, 0.3) is 5.91 Å². The molecule has 0 bridgehead atoms. The number of aliphatic hydroxyl groups excluding tert-OH is 1. The Morgan fingerprint density at radius 2 is 2.21 bits per heavy atom. The standard InChI is InChI=1S/C22H22N2O5/c1-13-2-3-14(9-23-13)12-28-17-6-7-19-18(8-17)20(21(29-19)15-4-5-15)22(27)24-16(10-25)11-26/h2-3,6-10,15-16,26H,4-5,11-12H2,1H3,(H,24,27). The maximum atomic E-state index is 12.8. The van der Waals surface area contributed by atoms with E-state index in [1.807, 2.05) is 19.1 Å². The highest BCUT2D eigenvalue weighted by Crippen LogP contribution is 2.45. The molecule has 29 heavy (non-hydrogen) atoms. The Balaban J connectivity index is 1.62. The average Bonchev–Trinajstić information content (AvgIpc) is 3.51. The molecule has 1 atom stereocenters. The van der Waals surface area contributed by atoms with Gasteiger partial charge in [-0.05, 0) is 44.0 Å². The SMILES string of the molecule is Cc1ccc(COc2ccc3oc(C4CC4)c(C(=O)NC(C=O)CO)c3c2)cn1. The van der Waals surface area contributed by atoms with Gasteiger partial charge >= 0.3 is 0 Å². The summed E-state index contributed by atoms with van der Waals surface area (Å²) in [4.78, 5) is 28.1. The number of carbonyl (C=O) groups is 2. The molecule has 1 fully saturated rings. The van der Waals surface area contributed by atoms with Crippen LogP contribution in [0.25, 0.3) is 11.0 Å². The van der Waals surface area contributed by atoms with Crippen molar-refractivity contribution in [3.8, 4) is 5.75 Å². The van der Waals surface area contributed by atoms with E-state index in [0.717, 1.165) is 24.1 Å². The van der Waals surface area contributed by atoms with Crippen LogP contribution in [0, 0.1) is 6.92 Å². The van der Waals surface area contributed by atoms with Gasteiger partial charge in [0.1, 0.15) is 36.0 Å². The van der Waals surface area contributed by atoms with Gasteiger partial charge in [0.15, 0.2) is 0 Å². The summed E-state index contributed by atoms with van der Waals surface area (Å²) in [5, 5.41) is 12.4. The predicted octanol–water partition coefficient (Wildman–Crippen LogP) is 2.88. The molecule has 0 radical (unpaired) electrons. The van der Waals surface area contributed by atoms with Gasteiger partial charge in [-0.2, -0.15) is 0 Å². The lowest BCUT2D eigenvalue weighted by Crippen LogP contribution is -2.38. The number of pyridine rings is 1. The fourth-order valence-corrected chi connectivity index (χ4v) is 3.17. The molecule has 1 unspecified atom stereocenters. The first-order valence-corrected chi connectivity index (χ1v) is 9.57. The van der Waals surface area contributed by atoms with Crippen molar-refractivity contribution in [3.63, 3.8) is 0 Å². The number of carbonyl (C=O) groups excluding carboxylic acids is 2. The molecular weight excluding hydrogens is 372 g/mol. The van der Waals surface area contributed by atoms with Gasteiger partial charge in [-0.15, -0.1) is 0 Å². The van der Waals surface area contributed by atoms with Gasteiger partial charge in [0.05, 0.1) is 12.2 Å². The topological polar surface area (TPSA) is 102 Å². The highest BCUT2D eigenvalue weighted by Gasteiger charge is 2.34. The van der Waals surface area contributed by atoms with Crippen molar-refractivity contribution in [1.82, 2.24) is 10.3 Å². The minimum atomic E-state index is -0.951. The first-order valence-electron chi connectivity index (χ1n) is 9.57. The first kappa shape index (κ1) is 19.1. The molecule has 2 aromatic heterocycles. The number of aryl methyl sites for hydroxylation is 1. The second-order valence-corrected chi connectivity index (χ2v) is 7.27. The lowest BCUT2D eigenvalue weighted by Gasteiger charge is -2.10. The van der Waals surface area contributed by atoms with Crippen molar-refractivity contribution in [3.05, 3.63) is 59.1 Å². The number of ether oxygens (including phenoxy) is 1. The van der Waals surface area contributed by atoms with E-state index in [1.54, 1.807) is 24.4 Å². The Morgan fingerprint density at radius 1 is 1.38 bits per heavy atom. The third kappa shape index (κ3) is 4.14. The smallest absolute Gasteiger partial charge is 0.256 e. The second kappa shape index (κ2) is 8.05. The van der Waals surface area contributed by atoms with Crippen molar-refractivity contribution in [1.29, 1.82) is 0 Å². The third-order valence-corrected chi connectivity index (χ3v) is 4.92. The summed E-state index contributed by atoms with van der Waals surface area (Å²) in [7, 11) is 0. The number of fused-ring (bicyclic) bond motifs is 1. The van der Waals surface area contributed by atoms with Crippen LogP contribution in [0.5, 0.6) is 5.75 Å². The van der Waals surface area contributed by atoms with Gasteiger partial charge in [0.2, 0.25) is 0 Å². The van der Waals surface area contributed by atoms with Crippen LogP contribution in [0.2, 0.25) is 0 Å².